The quantitative estimate of drug-likeness (QED) is 0.905. The van der Waals surface area contributed by atoms with Crippen LogP contribution < -0.4 is 5.32 Å². The van der Waals surface area contributed by atoms with Gasteiger partial charge in [0, 0.05) is 17.8 Å². The molecular formula is C14H19N3S. The number of nitrogens with one attached hydrogen (secondary N) is 1. The summed E-state index contributed by atoms with van der Waals surface area (Å²) in [6.45, 7) is 9.31. The highest BCUT2D eigenvalue weighted by atomic mass is 32.1. The van der Waals surface area contributed by atoms with E-state index < -0.39 is 0 Å². The van der Waals surface area contributed by atoms with Gasteiger partial charge in [-0.1, -0.05) is 6.92 Å². The molecule has 0 aliphatic rings. The first-order chi connectivity index (χ1) is 8.63. The summed E-state index contributed by atoms with van der Waals surface area (Å²) in [4.78, 5) is 10.4. The van der Waals surface area contributed by atoms with Crippen LogP contribution in [0.15, 0.2) is 11.4 Å². The Balaban J connectivity index is 2.44. The fourth-order valence-electron chi connectivity index (χ4n) is 1.75. The van der Waals surface area contributed by atoms with Crippen LogP contribution in [0.5, 0.6) is 0 Å². The number of nitrogens with zero attached hydrogens (tertiary/aromatic N) is 2. The number of hydrogen-bond acceptors (Lipinski definition) is 4. The van der Waals surface area contributed by atoms with E-state index in [4.69, 9.17) is 0 Å². The van der Waals surface area contributed by atoms with Crippen molar-refractivity contribution in [3.8, 4) is 10.7 Å². The molecular weight excluding hydrogens is 242 g/mol. The third kappa shape index (κ3) is 2.53. The van der Waals surface area contributed by atoms with E-state index in [0.29, 0.717) is 0 Å². The highest BCUT2D eigenvalue weighted by molar-refractivity contribution is 7.13. The van der Waals surface area contributed by atoms with Crippen molar-refractivity contribution < 1.29 is 0 Å². The molecule has 2 heterocycles. The molecule has 0 atom stereocenters. The van der Waals surface area contributed by atoms with Crippen LogP contribution in [0.2, 0.25) is 0 Å². The third-order valence-corrected chi connectivity index (χ3v) is 4.01. The second-order valence-corrected chi connectivity index (χ2v) is 5.38. The smallest absolute Gasteiger partial charge is 0.172 e. The van der Waals surface area contributed by atoms with Crippen LogP contribution in [0.3, 0.4) is 0 Å². The van der Waals surface area contributed by atoms with Crippen molar-refractivity contribution >= 4 is 17.2 Å². The zero-order valence-electron chi connectivity index (χ0n) is 11.4. The summed E-state index contributed by atoms with van der Waals surface area (Å²) < 4.78 is 0. The number of thiophene rings is 1. The summed E-state index contributed by atoms with van der Waals surface area (Å²) in [6.07, 6.45) is 1.09. The van der Waals surface area contributed by atoms with E-state index in [1.807, 2.05) is 6.92 Å². The molecule has 3 nitrogen and oxygen atoms in total. The Kier molecular flexibility index (Phi) is 3.97. The van der Waals surface area contributed by atoms with Crippen LogP contribution in [0.1, 0.15) is 30.2 Å². The van der Waals surface area contributed by atoms with E-state index in [1.165, 1.54) is 5.56 Å². The van der Waals surface area contributed by atoms with Gasteiger partial charge in [0.1, 0.15) is 5.82 Å². The molecule has 0 bridgehead atoms. The molecule has 0 aliphatic carbocycles. The van der Waals surface area contributed by atoms with Gasteiger partial charge in [0.2, 0.25) is 0 Å². The molecule has 0 fully saturated rings. The van der Waals surface area contributed by atoms with Crippen molar-refractivity contribution in [2.24, 2.45) is 0 Å². The van der Waals surface area contributed by atoms with Gasteiger partial charge in [-0.2, -0.15) is 0 Å². The van der Waals surface area contributed by atoms with Gasteiger partial charge < -0.3 is 5.32 Å². The molecule has 0 spiro atoms. The lowest BCUT2D eigenvalue weighted by Gasteiger charge is -2.11. The van der Waals surface area contributed by atoms with Crippen molar-refractivity contribution in [3.05, 3.63) is 28.3 Å². The second kappa shape index (κ2) is 5.48. The normalized spacial score (nSPS) is 10.7. The third-order valence-electron chi connectivity index (χ3n) is 3.00. The first-order valence-electron chi connectivity index (χ1n) is 6.27. The SMILES string of the molecule is CCCNc1nc(-c2sccc2C)nc(C)c1C. The zero-order chi connectivity index (χ0) is 13.1. The summed E-state index contributed by atoms with van der Waals surface area (Å²) in [7, 11) is 0. The number of aromatic nitrogens is 2. The molecule has 1 N–H and O–H groups in total. The molecule has 4 heteroatoms. The van der Waals surface area contributed by atoms with Crippen molar-refractivity contribution in [1.82, 2.24) is 9.97 Å². The van der Waals surface area contributed by atoms with Crippen LogP contribution in [0.25, 0.3) is 10.7 Å². The lowest BCUT2D eigenvalue weighted by atomic mass is 10.2. The summed E-state index contributed by atoms with van der Waals surface area (Å²) in [5.74, 6) is 1.80. The number of aryl methyl sites for hydroxylation is 2. The minimum absolute atomic E-state index is 0.837. The van der Waals surface area contributed by atoms with Gasteiger partial charge in [-0.15, -0.1) is 11.3 Å². The Morgan fingerprint density at radius 2 is 2.00 bits per heavy atom. The molecule has 96 valence electrons. The number of rotatable bonds is 4. The fraction of sp³-hybridized carbons (Fsp3) is 0.429. The molecule has 0 saturated carbocycles. The minimum Gasteiger partial charge on any atom is -0.370 e. The van der Waals surface area contributed by atoms with E-state index in [2.05, 4.69) is 47.5 Å². The Labute approximate surface area is 112 Å². The predicted octanol–water partition coefficient (Wildman–Crippen LogP) is 3.95. The second-order valence-electron chi connectivity index (χ2n) is 4.47. The van der Waals surface area contributed by atoms with E-state index in [9.17, 15) is 0 Å². The van der Waals surface area contributed by atoms with Gasteiger partial charge in [-0.3, -0.25) is 0 Å². The lowest BCUT2D eigenvalue weighted by molar-refractivity contribution is 0.955. The highest BCUT2D eigenvalue weighted by Crippen LogP contribution is 2.28. The van der Waals surface area contributed by atoms with Crippen molar-refractivity contribution in [1.29, 1.82) is 0 Å². The number of hydrogen-bond donors (Lipinski definition) is 1. The average Bonchev–Trinajstić information content (AvgIpc) is 2.77. The van der Waals surface area contributed by atoms with Crippen molar-refractivity contribution in [2.45, 2.75) is 34.1 Å². The molecule has 0 radical (unpaired) electrons. The summed E-state index contributed by atoms with van der Waals surface area (Å²) in [5, 5.41) is 5.46. The van der Waals surface area contributed by atoms with E-state index in [0.717, 1.165) is 40.7 Å². The Morgan fingerprint density at radius 1 is 1.22 bits per heavy atom. The van der Waals surface area contributed by atoms with E-state index in [1.54, 1.807) is 11.3 Å². The lowest BCUT2D eigenvalue weighted by Crippen LogP contribution is -2.07. The van der Waals surface area contributed by atoms with Gasteiger partial charge in [-0.25, -0.2) is 9.97 Å². The first kappa shape index (κ1) is 13.0. The predicted molar refractivity (Wildman–Crippen MR) is 78.3 cm³/mol. The molecule has 0 amide bonds. The standard InChI is InChI=1S/C14H19N3S/c1-5-7-15-13-10(3)11(4)16-14(17-13)12-9(2)6-8-18-12/h6,8H,5,7H2,1-4H3,(H,15,16,17). The minimum atomic E-state index is 0.837. The van der Waals surface area contributed by atoms with E-state index >= 15 is 0 Å². The fourth-order valence-corrected chi connectivity index (χ4v) is 2.61. The van der Waals surface area contributed by atoms with Crippen LogP contribution in [0, 0.1) is 20.8 Å². The molecule has 0 aromatic carbocycles. The molecule has 2 rings (SSSR count). The Morgan fingerprint density at radius 3 is 2.61 bits per heavy atom. The maximum Gasteiger partial charge on any atom is 0.172 e. The maximum atomic E-state index is 4.66. The Bertz CT molecular complexity index is 546. The van der Waals surface area contributed by atoms with Gasteiger partial charge in [-0.05, 0) is 44.2 Å². The largest absolute Gasteiger partial charge is 0.370 e. The van der Waals surface area contributed by atoms with Crippen molar-refractivity contribution in [3.63, 3.8) is 0 Å². The monoisotopic (exact) mass is 261 g/mol. The Hall–Kier alpha value is -1.42. The van der Waals surface area contributed by atoms with Gasteiger partial charge in [0.25, 0.3) is 0 Å². The zero-order valence-corrected chi connectivity index (χ0v) is 12.2. The van der Waals surface area contributed by atoms with E-state index in [-0.39, 0.29) is 0 Å². The molecule has 2 aromatic heterocycles. The molecule has 2 aromatic rings. The average molecular weight is 261 g/mol. The maximum absolute atomic E-state index is 4.66. The van der Waals surface area contributed by atoms with Crippen LogP contribution in [0.4, 0.5) is 5.82 Å². The van der Waals surface area contributed by atoms with Gasteiger partial charge >= 0.3 is 0 Å². The summed E-state index contributed by atoms with van der Waals surface area (Å²) >= 11 is 1.70. The summed E-state index contributed by atoms with van der Waals surface area (Å²) in [5.41, 5.74) is 3.43. The molecule has 0 aliphatic heterocycles. The van der Waals surface area contributed by atoms with Crippen LogP contribution in [-0.4, -0.2) is 16.5 Å². The van der Waals surface area contributed by atoms with Crippen molar-refractivity contribution in [2.75, 3.05) is 11.9 Å². The molecule has 0 unspecified atom stereocenters. The van der Waals surface area contributed by atoms with Gasteiger partial charge in [0.05, 0.1) is 4.88 Å². The molecule has 0 saturated heterocycles. The highest BCUT2D eigenvalue weighted by Gasteiger charge is 2.11. The van der Waals surface area contributed by atoms with Crippen LogP contribution in [-0.2, 0) is 0 Å². The molecule has 18 heavy (non-hydrogen) atoms. The first-order valence-corrected chi connectivity index (χ1v) is 7.15. The number of anilines is 1. The topological polar surface area (TPSA) is 37.8 Å². The van der Waals surface area contributed by atoms with Crippen LogP contribution >= 0.6 is 11.3 Å². The van der Waals surface area contributed by atoms with Gasteiger partial charge in [0.15, 0.2) is 5.82 Å². The summed E-state index contributed by atoms with van der Waals surface area (Å²) in [6, 6.07) is 2.11.